The van der Waals surface area contributed by atoms with Crippen LogP contribution in [0.1, 0.15) is 10.5 Å². The lowest BCUT2D eigenvalue weighted by Gasteiger charge is -2.01. The number of rotatable bonds is 5. The van der Waals surface area contributed by atoms with Crippen molar-refractivity contribution in [2.75, 3.05) is 6.61 Å². The molecule has 0 saturated heterocycles. The van der Waals surface area contributed by atoms with E-state index in [4.69, 9.17) is 5.73 Å². The SMILES string of the molecule is NC(=O)CONC(=O)c1cc(-c2ccccc2)n[nH]1. The molecule has 7 nitrogen and oxygen atoms in total. The van der Waals surface area contributed by atoms with E-state index in [0.29, 0.717) is 5.69 Å². The van der Waals surface area contributed by atoms with Crippen LogP contribution in [0.5, 0.6) is 0 Å². The number of carbonyl (C=O) groups is 2. The van der Waals surface area contributed by atoms with Crippen LogP contribution >= 0.6 is 0 Å². The van der Waals surface area contributed by atoms with E-state index in [2.05, 4.69) is 20.5 Å². The predicted octanol–water partition coefficient (Wildman–Crippen LogP) is 0.223. The lowest BCUT2D eigenvalue weighted by molar-refractivity contribution is -0.124. The first kappa shape index (κ1) is 12.8. The molecule has 2 amide bonds. The first-order valence-electron chi connectivity index (χ1n) is 5.48. The maximum Gasteiger partial charge on any atom is 0.292 e. The molecule has 0 aliphatic heterocycles. The van der Waals surface area contributed by atoms with Crippen LogP contribution in [0.3, 0.4) is 0 Å². The second-order valence-electron chi connectivity index (χ2n) is 3.72. The number of nitrogens with two attached hydrogens (primary N) is 1. The van der Waals surface area contributed by atoms with Gasteiger partial charge in [-0.1, -0.05) is 30.3 Å². The van der Waals surface area contributed by atoms with Crippen molar-refractivity contribution in [1.82, 2.24) is 15.7 Å². The Balaban J connectivity index is 2.01. The summed E-state index contributed by atoms with van der Waals surface area (Å²) in [6.45, 7) is -0.384. The molecule has 19 heavy (non-hydrogen) atoms. The van der Waals surface area contributed by atoms with Gasteiger partial charge < -0.3 is 5.73 Å². The van der Waals surface area contributed by atoms with E-state index < -0.39 is 11.8 Å². The molecule has 0 fully saturated rings. The van der Waals surface area contributed by atoms with Gasteiger partial charge in [-0.25, -0.2) is 5.48 Å². The van der Waals surface area contributed by atoms with Crippen molar-refractivity contribution in [3.05, 3.63) is 42.1 Å². The summed E-state index contributed by atoms with van der Waals surface area (Å²) in [6.07, 6.45) is 0. The molecule has 1 aromatic heterocycles. The zero-order chi connectivity index (χ0) is 13.7. The fourth-order valence-electron chi connectivity index (χ4n) is 1.42. The van der Waals surface area contributed by atoms with E-state index in [9.17, 15) is 9.59 Å². The number of carbonyl (C=O) groups excluding carboxylic acids is 2. The Kier molecular flexibility index (Phi) is 3.89. The summed E-state index contributed by atoms with van der Waals surface area (Å²) < 4.78 is 0. The average molecular weight is 260 g/mol. The first-order chi connectivity index (χ1) is 9.16. The average Bonchev–Trinajstić information content (AvgIpc) is 2.89. The van der Waals surface area contributed by atoms with Crippen LogP contribution in [0.15, 0.2) is 36.4 Å². The highest BCUT2D eigenvalue weighted by Crippen LogP contribution is 2.16. The Morgan fingerprint density at radius 3 is 2.74 bits per heavy atom. The highest BCUT2D eigenvalue weighted by atomic mass is 16.7. The van der Waals surface area contributed by atoms with Crippen molar-refractivity contribution >= 4 is 11.8 Å². The van der Waals surface area contributed by atoms with Gasteiger partial charge in [-0.15, -0.1) is 0 Å². The molecule has 2 aromatic rings. The van der Waals surface area contributed by atoms with Crippen LogP contribution in [0.4, 0.5) is 0 Å². The number of primary amides is 1. The smallest absolute Gasteiger partial charge is 0.292 e. The lowest BCUT2D eigenvalue weighted by atomic mass is 10.1. The molecule has 2 rings (SSSR count). The minimum Gasteiger partial charge on any atom is -0.368 e. The van der Waals surface area contributed by atoms with E-state index in [-0.39, 0.29) is 12.3 Å². The van der Waals surface area contributed by atoms with Gasteiger partial charge in [-0.05, 0) is 6.07 Å². The molecule has 7 heteroatoms. The van der Waals surface area contributed by atoms with Crippen molar-refractivity contribution in [1.29, 1.82) is 0 Å². The number of benzene rings is 1. The third-order valence-electron chi connectivity index (χ3n) is 2.27. The Bertz CT molecular complexity index is 580. The predicted molar refractivity (Wildman–Crippen MR) is 66.6 cm³/mol. The number of H-pyrrole nitrogens is 1. The third kappa shape index (κ3) is 3.39. The Morgan fingerprint density at radius 2 is 2.05 bits per heavy atom. The van der Waals surface area contributed by atoms with Crippen molar-refractivity contribution in [2.45, 2.75) is 0 Å². The maximum atomic E-state index is 11.6. The molecule has 1 aromatic carbocycles. The molecule has 0 bridgehead atoms. The van der Waals surface area contributed by atoms with E-state index in [1.807, 2.05) is 30.3 Å². The van der Waals surface area contributed by atoms with Crippen LogP contribution in [-0.2, 0) is 9.63 Å². The van der Waals surface area contributed by atoms with Crippen LogP contribution in [0.2, 0.25) is 0 Å². The van der Waals surface area contributed by atoms with E-state index in [1.54, 1.807) is 6.07 Å². The summed E-state index contributed by atoms with van der Waals surface area (Å²) in [5.74, 6) is -1.20. The number of hydrogen-bond acceptors (Lipinski definition) is 4. The van der Waals surface area contributed by atoms with Gasteiger partial charge in [-0.2, -0.15) is 5.10 Å². The summed E-state index contributed by atoms with van der Waals surface area (Å²) >= 11 is 0. The summed E-state index contributed by atoms with van der Waals surface area (Å²) in [6, 6.07) is 11.0. The zero-order valence-corrected chi connectivity index (χ0v) is 9.92. The van der Waals surface area contributed by atoms with Gasteiger partial charge in [0, 0.05) is 5.56 Å². The van der Waals surface area contributed by atoms with Crippen LogP contribution in [0.25, 0.3) is 11.3 Å². The normalized spacial score (nSPS) is 10.1. The monoisotopic (exact) mass is 260 g/mol. The van der Waals surface area contributed by atoms with Crippen molar-refractivity contribution in [3.8, 4) is 11.3 Å². The maximum absolute atomic E-state index is 11.6. The van der Waals surface area contributed by atoms with Gasteiger partial charge in [0.15, 0.2) is 6.61 Å². The fraction of sp³-hybridized carbons (Fsp3) is 0.0833. The number of nitrogens with zero attached hydrogens (tertiary/aromatic N) is 1. The van der Waals surface area contributed by atoms with Crippen molar-refractivity contribution in [3.63, 3.8) is 0 Å². The Hall–Kier alpha value is -2.67. The third-order valence-corrected chi connectivity index (χ3v) is 2.27. The summed E-state index contributed by atoms with van der Waals surface area (Å²) in [5, 5.41) is 6.60. The molecule has 0 spiro atoms. The number of nitrogens with one attached hydrogen (secondary N) is 2. The van der Waals surface area contributed by atoms with E-state index in [0.717, 1.165) is 5.56 Å². The minimum atomic E-state index is -0.671. The van der Waals surface area contributed by atoms with E-state index in [1.165, 1.54) is 0 Å². The van der Waals surface area contributed by atoms with Gasteiger partial charge in [0.05, 0.1) is 5.69 Å². The van der Waals surface area contributed by atoms with Crippen molar-refractivity contribution in [2.24, 2.45) is 5.73 Å². The molecule has 98 valence electrons. The molecule has 1 heterocycles. The molecular formula is C12H12N4O3. The second-order valence-corrected chi connectivity index (χ2v) is 3.72. The number of aromatic amines is 1. The first-order valence-corrected chi connectivity index (χ1v) is 5.48. The number of aromatic nitrogens is 2. The molecule has 0 aliphatic rings. The molecule has 0 atom stereocenters. The number of amides is 2. The Morgan fingerprint density at radius 1 is 1.32 bits per heavy atom. The molecule has 0 radical (unpaired) electrons. The van der Waals surface area contributed by atoms with Gasteiger partial charge in [0.1, 0.15) is 5.69 Å². The van der Waals surface area contributed by atoms with Crippen LogP contribution < -0.4 is 11.2 Å². The molecule has 0 unspecified atom stereocenters. The largest absolute Gasteiger partial charge is 0.368 e. The van der Waals surface area contributed by atoms with Gasteiger partial charge in [-0.3, -0.25) is 19.5 Å². The highest BCUT2D eigenvalue weighted by molar-refractivity contribution is 5.92. The molecule has 4 N–H and O–H groups in total. The summed E-state index contributed by atoms with van der Waals surface area (Å²) in [7, 11) is 0. The standard InChI is InChI=1S/C12H12N4O3/c13-11(17)7-19-16-12(18)10-6-9(14-15-10)8-4-2-1-3-5-8/h1-6H,7H2,(H2,13,17)(H,14,15)(H,16,18). The number of hydroxylamine groups is 1. The summed E-state index contributed by atoms with van der Waals surface area (Å²) in [5.41, 5.74) is 8.70. The lowest BCUT2D eigenvalue weighted by Crippen LogP contribution is -2.29. The Labute approximate surface area is 108 Å². The van der Waals surface area contributed by atoms with E-state index >= 15 is 0 Å². The minimum absolute atomic E-state index is 0.225. The fourth-order valence-corrected chi connectivity index (χ4v) is 1.42. The van der Waals surface area contributed by atoms with Crippen LogP contribution in [0, 0.1) is 0 Å². The summed E-state index contributed by atoms with van der Waals surface area (Å²) in [4.78, 5) is 26.6. The quantitative estimate of drug-likeness (QED) is 0.668. The number of hydrogen-bond donors (Lipinski definition) is 3. The van der Waals surface area contributed by atoms with Gasteiger partial charge in [0.25, 0.3) is 5.91 Å². The molecular weight excluding hydrogens is 248 g/mol. The zero-order valence-electron chi connectivity index (χ0n) is 9.92. The van der Waals surface area contributed by atoms with Gasteiger partial charge >= 0.3 is 0 Å². The van der Waals surface area contributed by atoms with Gasteiger partial charge in [0.2, 0.25) is 5.91 Å². The topological polar surface area (TPSA) is 110 Å². The van der Waals surface area contributed by atoms with Crippen LogP contribution in [-0.4, -0.2) is 28.6 Å². The highest BCUT2D eigenvalue weighted by Gasteiger charge is 2.11. The second kappa shape index (κ2) is 5.78. The molecule has 0 aliphatic carbocycles. The molecule has 0 saturated carbocycles. The van der Waals surface area contributed by atoms with Crippen molar-refractivity contribution < 1.29 is 14.4 Å².